The largest absolute Gasteiger partial charge is 0.480 e. The molecule has 0 radical (unpaired) electrons. The minimum Gasteiger partial charge on any atom is -0.480 e. The third-order valence-electron chi connectivity index (χ3n) is 6.20. The van der Waals surface area contributed by atoms with Crippen LogP contribution < -0.4 is 10.6 Å². The molecule has 0 fully saturated rings. The quantitative estimate of drug-likeness (QED) is 0.493. The number of ether oxygens (including phenoxy) is 2. The Morgan fingerprint density at radius 2 is 1.50 bits per heavy atom. The van der Waals surface area contributed by atoms with E-state index in [1.807, 2.05) is 50.2 Å². The van der Waals surface area contributed by atoms with Gasteiger partial charge in [-0.3, -0.25) is 4.79 Å². The second-order valence-corrected chi connectivity index (χ2v) is 8.88. The summed E-state index contributed by atoms with van der Waals surface area (Å²) in [5.74, 6) is -2.52. The first-order valence-corrected chi connectivity index (χ1v) is 11.4. The molecular weight excluding hydrogens is 436 g/mol. The number of amides is 2. The van der Waals surface area contributed by atoms with Gasteiger partial charge in [0.1, 0.15) is 6.61 Å². The summed E-state index contributed by atoms with van der Waals surface area (Å²) in [5.41, 5.74) is 4.51. The van der Waals surface area contributed by atoms with Crippen LogP contribution in [0.5, 0.6) is 0 Å². The average molecular weight is 469 g/mol. The summed E-state index contributed by atoms with van der Waals surface area (Å²) < 4.78 is 10.5. The van der Waals surface area contributed by atoms with Crippen molar-refractivity contribution in [2.45, 2.75) is 38.8 Å². The van der Waals surface area contributed by atoms with Gasteiger partial charge in [-0.1, -0.05) is 62.4 Å². The molecule has 2 amide bonds. The van der Waals surface area contributed by atoms with Crippen LogP contribution in [0.3, 0.4) is 0 Å². The van der Waals surface area contributed by atoms with E-state index in [4.69, 9.17) is 9.47 Å². The molecule has 0 aliphatic heterocycles. The summed E-state index contributed by atoms with van der Waals surface area (Å²) in [6.07, 6.45) is -0.625. The zero-order chi connectivity index (χ0) is 24.8. The van der Waals surface area contributed by atoms with Crippen LogP contribution in [0.1, 0.15) is 37.8 Å². The van der Waals surface area contributed by atoms with Crippen LogP contribution in [-0.4, -0.2) is 55.5 Å². The Balaban J connectivity index is 1.63. The first-order valence-electron chi connectivity index (χ1n) is 11.4. The van der Waals surface area contributed by atoms with E-state index >= 15 is 0 Å². The summed E-state index contributed by atoms with van der Waals surface area (Å²) in [5, 5.41) is 14.5. The number of carboxylic acids is 1. The van der Waals surface area contributed by atoms with Gasteiger partial charge in [0.25, 0.3) is 0 Å². The number of nitrogens with one attached hydrogen (secondary N) is 2. The molecule has 0 saturated carbocycles. The smallest absolute Gasteiger partial charge is 0.407 e. The van der Waals surface area contributed by atoms with E-state index in [9.17, 15) is 19.5 Å². The van der Waals surface area contributed by atoms with Gasteiger partial charge in [0.05, 0.1) is 12.5 Å². The zero-order valence-electron chi connectivity index (χ0n) is 19.9. The van der Waals surface area contributed by atoms with Crippen molar-refractivity contribution >= 4 is 18.0 Å². The van der Waals surface area contributed by atoms with Crippen LogP contribution in [0.25, 0.3) is 11.1 Å². The number of carbonyl (C=O) groups excluding carboxylic acids is 2. The molecule has 3 atom stereocenters. The molecule has 34 heavy (non-hydrogen) atoms. The highest BCUT2D eigenvalue weighted by molar-refractivity contribution is 5.86. The number of carboxylic acid groups (broad SMARTS) is 1. The van der Waals surface area contributed by atoms with Gasteiger partial charge in [-0.2, -0.15) is 0 Å². The lowest BCUT2D eigenvalue weighted by Crippen LogP contribution is -2.52. The van der Waals surface area contributed by atoms with E-state index in [0.29, 0.717) is 0 Å². The van der Waals surface area contributed by atoms with E-state index in [-0.39, 0.29) is 25.0 Å². The molecule has 1 aliphatic rings. The molecule has 0 spiro atoms. The number of fused-ring (bicyclic) bond motifs is 3. The van der Waals surface area contributed by atoms with Crippen molar-refractivity contribution in [1.82, 2.24) is 10.6 Å². The van der Waals surface area contributed by atoms with Crippen molar-refractivity contribution in [3.63, 3.8) is 0 Å². The summed E-state index contributed by atoms with van der Waals surface area (Å²) in [4.78, 5) is 36.8. The molecule has 8 heteroatoms. The Morgan fingerprint density at radius 1 is 0.941 bits per heavy atom. The lowest BCUT2D eigenvalue weighted by Gasteiger charge is -2.28. The van der Waals surface area contributed by atoms with E-state index in [1.165, 1.54) is 7.11 Å². The molecule has 3 rings (SSSR count). The average Bonchev–Trinajstić information content (AvgIpc) is 3.11. The summed E-state index contributed by atoms with van der Waals surface area (Å²) >= 11 is 0. The number of benzene rings is 2. The molecule has 0 bridgehead atoms. The first kappa shape index (κ1) is 25.2. The molecule has 2 aromatic carbocycles. The molecule has 2 aromatic rings. The minimum absolute atomic E-state index is 0.0666. The van der Waals surface area contributed by atoms with Crippen LogP contribution in [0.15, 0.2) is 48.5 Å². The van der Waals surface area contributed by atoms with E-state index < -0.39 is 36.0 Å². The molecule has 2 unspecified atom stereocenters. The predicted octanol–water partition coefficient (Wildman–Crippen LogP) is 3.40. The third kappa shape index (κ3) is 5.56. The highest BCUT2D eigenvalue weighted by atomic mass is 16.5. The number of rotatable bonds is 10. The fraction of sp³-hybridized carbons (Fsp3) is 0.423. The van der Waals surface area contributed by atoms with Gasteiger partial charge in [0.15, 0.2) is 6.04 Å². The van der Waals surface area contributed by atoms with Crippen molar-refractivity contribution in [2.24, 2.45) is 11.8 Å². The zero-order valence-corrected chi connectivity index (χ0v) is 19.9. The van der Waals surface area contributed by atoms with Gasteiger partial charge >= 0.3 is 12.1 Å². The Hall–Kier alpha value is -3.39. The maximum Gasteiger partial charge on any atom is 0.407 e. The van der Waals surface area contributed by atoms with Crippen molar-refractivity contribution in [3.05, 3.63) is 59.7 Å². The SMILES string of the molecule is COC[C@H](NC(=O)C(C(C)C)C(C)NC(=O)OCC1c2ccccc2-c2ccccc21)C(=O)O. The van der Waals surface area contributed by atoms with E-state index in [0.717, 1.165) is 22.3 Å². The Kier molecular flexibility index (Phi) is 8.28. The highest BCUT2D eigenvalue weighted by Crippen LogP contribution is 2.44. The predicted molar refractivity (Wildman–Crippen MR) is 127 cm³/mol. The van der Waals surface area contributed by atoms with Gasteiger partial charge in [-0.25, -0.2) is 9.59 Å². The van der Waals surface area contributed by atoms with Crippen molar-refractivity contribution in [3.8, 4) is 11.1 Å². The number of aliphatic carboxylic acids is 1. The second-order valence-electron chi connectivity index (χ2n) is 8.88. The van der Waals surface area contributed by atoms with Gasteiger partial charge in [0.2, 0.25) is 5.91 Å². The molecule has 1 aliphatic carbocycles. The number of hydrogen-bond donors (Lipinski definition) is 3. The number of alkyl carbamates (subject to hydrolysis) is 1. The van der Waals surface area contributed by atoms with Crippen molar-refractivity contribution in [1.29, 1.82) is 0 Å². The monoisotopic (exact) mass is 468 g/mol. The number of carbonyl (C=O) groups is 3. The highest BCUT2D eigenvalue weighted by Gasteiger charge is 2.33. The molecule has 182 valence electrons. The third-order valence-corrected chi connectivity index (χ3v) is 6.20. The molecule has 0 saturated heterocycles. The van der Waals surface area contributed by atoms with Gasteiger partial charge in [0, 0.05) is 19.1 Å². The lowest BCUT2D eigenvalue weighted by atomic mass is 9.88. The van der Waals surface area contributed by atoms with Crippen molar-refractivity contribution in [2.75, 3.05) is 20.3 Å². The molecule has 0 aromatic heterocycles. The van der Waals surface area contributed by atoms with Crippen LogP contribution in [0, 0.1) is 11.8 Å². The van der Waals surface area contributed by atoms with Gasteiger partial charge < -0.3 is 25.2 Å². The lowest BCUT2D eigenvalue weighted by molar-refractivity contribution is -0.144. The first-order chi connectivity index (χ1) is 16.2. The van der Waals surface area contributed by atoms with E-state index in [1.54, 1.807) is 6.92 Å². The van der Waals surface area contributed by atoms with Crippen molar-refractivity contribution < 1.29 is 29.0 Å². The van der Waals surface area contributed by atoms with Crippen LogP contribution >= 0.6 is 0 Å². The maximum atomic E-state index is 12.8. The molecular formula is C26H32N2O6. The number of methoxy groups -OCH3 is 1. The summed E-state index contributed by atoms with van der Waals surface area (Å²) in [6.45, 7) is 5.40. The van der Waals surface area contributed by atoms with Gasteiger partial charge in [-0.05, 0) is 35.1 Å². The molecule has 3 N–H and O–H groups in total. The Bertz CT molecular complexity index is 992. The Morgan fingerprint density at radius 3 is 2.00 bits per heavy atom. The fourth-order valence-corrected chi connectivity index (χ4v) is 4.63. The molecule has 8 nitrogen and oxygen atoms in total. The van der Waals surface area contributed by atoms with Crippen LogP contribution in [-0.2, 0) is 19.1 Å². The van der Waals surface area contributed by atoms with E-state index in [2.05, 4.69) is 22.8 Å². The topological polar surface area (TPSA) is 114 Å². The Labute approximate surface area is 199 Å². The molecule has 0 heterocycles. The number of hydrogen-bond acceptors (Lipinski definition) is 5. The fourth-order valence-electron chi connectivity index (χ4n) is 4.63. The standard InChI is InChI=1S/C26H32N2O6/c1-15(2)23(24(29)28-22(14-33-4)25(30)31)16(3)27-26(32)34-13-21-19-11-7-5-9-17(19)18-10-6-8-12-20(18)21/h5-12,15-16,21-23H,13-14H2,1-4H3,(H,27,32)(H,28,29)(H,30,31)/t16?,22-,23?/m0/s1. The van der Waals surface area contributed by atoms with Gasteiger partial charge in [-0.15, -0.1) is 0 Å². The second kappa shape index (κ2) is 11.2. The summed E-state index contributed by atoms with van der Waals surface area (Å²) in [7, 11) is 1.36. The van der Waals surface area contributed by atoms with Crippen LogP contribution in [0.4, 0.5) is 4.79 Å². The van der Waals surface area contributed by atoms with Crippen LogP contribution in [0.2, 0.25) is 0 Å². The normalized spacial score (nSPS) is 15.1. The minimum atomic E-state index is -1.19. The summed E-state index contributed by atoms with van der Waals surface area (Å²) in [6, 6.07) is 14.4. The maximum absolute atomic E-state index is 12.8.